The van der Waals surface area contributed by atoms with E-state index in [0.29, 0.717) is 18.3 Å². The molecule has 4 nitrogen and oxygen atoms in total. The van der Waals surface area contributed by atoms with Gasteiger partial charge in [0.2, 0.25) is 0 Å². The summed E-state index contributed by atoms with van der Waals surface area (Å²) in [6.45, 7) is 6.09. The summed E-state index contributed by atoms with van der Waals surface area (Å²) in [5.41, 5.74) is 14.9. The molecule has 5 N–H and O–H groups in total. The molecule has 3 atom stereocenters. The Morgan fingerprint density at radius 1 is 1.36 bits per heavy atom. The Hall–Kier alpha value is -1.42. The molecule has 0 aromatic carbocycles. The number of hydrogen-bond donors (Lipinski definition) is 3. The highest BCUT2D eigenvalue weighted by Crippen LogP contribution is 2.35. The molecular formula is C18H29N3O. The molecule has 0 amide bonds. The molecule has 0 radical (unpaired) electrons. The normalized spacial score (nSPS) is 28.7. The number of Topliss-reactive ketones (excluding diaryl/α,β-unsaturated/α-hetero) is 1. The maximum Gasteiger partial charge on any atom is 0.180 e. The average Bonchev–Trinajstić information content (AvgIpc) is 2.91. The third-order valence-corrected chi connectivity index (χ3v) is 5.27. The number of carbonyl (C=O) groups excluding carboxylic acids is 1. The zero-order chi connectivity index (χ0) is 16.3. The Kier molecular flexibility index (Phi) is 5.57. The van der Waals surface area contributed by atoms with Crippen molar-refractivity contribution in [2.75, 3.05) is 0 Å². The summed E-state index contributed by atoms with van der Waals surface area (Å²) in [6.07, 6.45) is 7.00. The van der Waals surface area contributed by atoms with Gasteiger partial charge in [0.25, 0.3) is 0 Å². The smallest absolute Gasteiger partial charge is 0.180 e. The lowest BCUT2D eigenvalue weighted by molar-refractivity contribution is -0.113. The Morgan fingerprint density at radius 3 is 2.68 bits per heavy atom. The Balaban J connectivity index is 1.85. The molecule has 0 saturated heterocycles. The molecule has 2 aliphatic rings. The van der Waals surface area contributed by atoms with E-state index in [1.807, 2.05) is 6.92 Å². The summed E-state index contributed by atoms with van der Waals surface area (Å²) in [7, 11) is 0. The van der Waals surface area contributed by atoms with Gasteiger partial charge < -0.3 is 11.5 Å². The predicted octanol–water partition coefficient (Wildman–Crippen LogP) is 3.07. The zero-order valence-corrected chi connectivity index (χ0v) is 13.7. The van der Waals surface area contributed by atoms with E-state index in [2.05, 4.69) is 6.58 Å². The first-order chi connectivity index (χ1) is 10.4. The van der Waals surface area contributed by atoms with Gasteiger partial charge in [0.05, 0.1) is 0 Å². The number of nitrogens with one attached hydrogen (secondary N) is 1. The molecule has 22 heavy (non-hydrogen) atoms. The van der Waals surface area contributed by atoms with Crippen molar-refractivity contribution in [1.82, 2.24) is 0 Å². The first-order valence-corrected chi connectivity index (χ1v) is 8.40. The van der Waals surface area contributed by atoms with E-state index >= 15 is 0 Å². The van der Waals surface area contributed by atoms with Gasteiger partial charge in [-0.25, -0.2) is 0 Å². The van der Waals surface area contributed by atoms with Crippen molar-refractivity contribution in [2.24, 2.45) is 23.3 Å². The average molecular weight is 303 g/mol. The summed E-state index contributed by atoms with van der Waals surface area (Å²) in [4.78, 5) is 12.2. The van der Waals surface area contributed by atoms with Crippen LogP contribution in [0, 0.1) is 17.2 Å². The molecule has 4 heteroatoms. The van der Waals surface area contributed by atoms with Gasteiger partial charge in [-0.2, -0.15) is 0 Å². The van der Waals surface area contributed by atoms with Gasteiger partial charge >= 0.3 is 0 Å². The quantitative estimate of drug-likeness (QED) is 0.520. The second-order valence-electron chi connectivity index (χ2n) is 6.99. The SMILES string of the molecule is C=C(C)[C@H]1CC(CCC(=O)C(=N)C2=C(N)CCC2)CC[C@H]1N. The molecule has 0 aromatic heterocycles. The van der Waals surface area contributed by atoms with Crippen LogP contribution in [0.15, 0.2) is 23.4 Å². The Bertz CT molecular complexity index is 506. The zero-order valence-electron chi connectivity index (χ0n) is 13.7. The molecule has 0 aromatic rings. The third kappa shape index (κ3) is 3.86. The molecular weight excluding hydrogens is 274 g/mol. The number of nitrogens with two attached hydrogens (primary N) is 2. The molecule has 1 fully saturated rings. The molecule has 1 unspecified atom stereocenters. The number of rotatable bonds is 6. The van der Waals surface area contributed by atoms with Crippen molar-refractivity contribution in [1.29, 1.82) is 5.41 Å². The van der Waals surface area contributed by atoms with E-state index in [1.165, 1.54) is 0 Å². The Morgan fingerprint density at radius 2 is 2.09 bits per heavy atom. The summed E-state index contributed by atoms with van der Waals surface area (Å²) >= 11 is 0. The Labute approximate surface area is 133 Å². The van der Waals surface area contributed by atoms with Crippen molar-refractivity contribution < 1.29 is 4.79 Å². The van der Waals surface area contributed by atoms with E-state index in [4.69, 9.17) is 16.9 Å². The third-order valence-electron chi connectivity index (χ3n) is 5.27. The molecule has 0 aliphatic heterocycles. The first-order valence-electron chi connectivity index (χ1n) is 8.40. The van der Waals surface area contributed by atoms with E-state index < -0.39 is 0 Å². The van der Waals surface area contributed by atoms with Crippen LogP contribution in [-0.4, -0.2) is 17.5 Å². The lowest BCUT2D eigenvalue weighted by Gasteiger charge is -2.34. The van der Waals surface area contributed by atoms with Crippen LogP contribution < -0.4 is 11.5 Å². The number of carbonyl (C=O) groups is 1. The van der Waals surface area contributed by atoms with E-state index in [-0.39, 0.29) is 17.5 Å². The van der Waals surface area contributed by atoms with E-state index in [1.54, 1.807) is 0 Å². The topological polar surface area (TPSA) is 93.0 Å². The summed E-state index contributed by atoms with van der Waals surface area (Å²) in [6, 6.07) is 0.214. The summed E-state index contributed by atoms with van der Waals surface area (Å²) < 4.78 is 0. The van der Waals surface area contributed by atoms with Crippen LogP contribution in [0.1, 0.15) is 58.3 Å². The maximum atomic E-state index is 12.2. The molecule has 0 spiro atoms. The van der Waals surface area contributed by atoms with Crippen LogP contribution in [0.2, 0.25) is 0 Å². The molecule has 0 bridgehead atoms. The summed E-state index contributed by atoms with van der Waals surface area (Å²) in [5.74, 6) is 0.844. The largest absolute Gasteiger partial charge is 0.402 e. The van der Waals surface area contributed by atoms with Gasteiger partial charge in [-0.05, 0) is 69.3 Å². The van der Waals surface area contributed by atoms with Crippen molar-refractivity contribution in [2.45, 2.75) is 64.3 Å². The highest BCUT2D eigenvalue weighted by Gasteiger charge is 2.29. The first kappa shape index (κ1) is 16.9. The van der Waals surface area contributed by atoms with Gasteiger partial charge in [-0.3, -0.25) is 10.2 Å². The highest BCUT2D eigenvalue weighted by atomic mass is 16.1. The van der Waals surface area contributed by atoms with Crippen LogP contribution in [0.4, 0.5) is 0 Å². The fraction of sp³-hybridized carbons (Fsp3) is 0.667. The number of allylic oxidation sites excluding steroid dienone is 2. The van der Waals surface area contributed by atoms with Crippen molar-refractivity contribution in [3.63, 3.8) is 0 Å². The van der Waals surface area contributed by atoms with Crippen molar-refractivity contribution in [3.8, 4) is 0 Å². The van der Waals surface area contributed by atoms with Crippen LogP contribution in [-0.2, 0) is 4.79 Å². The monoisotopic (exact) mass is 303 g/mol. The van der Waals surface area contributed by atoms with Crippen LogP contribution in [0.5, 0.6) is 0 Å². The highest BCUT2D eigenvalue weighted by molar-refractivity contribution is 6.45. The second kappa shape index (κ2) is 7.23. The minimum absolute atomic E-state index is 0.0541. The van der Waals surface area contributed by atoms with E-state index in [0.717, 1.165) is 61.8 Å². The number of hydrogen-bond acceptors (Lipinski definition) is 4. The van der Waals surface area contributed by atoms with Gasteiger partial charge in [0, 0.05) is 18.2 Å². The van der Waals surface area contributed by atoms with Crippen LogP contribution in [0.25, 0.3) is 0 Å². The lowest BCUT2D eigenvalue weighted by Crippen LogP contribution is -2.36. The lowest BCUT2D eigenvalue weighted by atomic mass is 9.74. The fourth-order valence-corrected chi connectivity index (χ4v) is 3.79. The minimum Gasteiger partial charge on any atom is -0.402 e. The summed E-state index contributed by atoms with van der Waals surface area (Å²) in [5, 5.41) is 8.06. The molecule has 2 rings (SSSR count). The molecule has 2 aliphatic carbocycles. The maximum absolute atomic E-state index is 12.2. The number of ketones is 1. The second-order valence-corrected chi connectivity index (χ2v) is 6.99. The van der Waals surface area contributed by atoms with Crippen molar-refractivity contribution in [3.05, 3.63) is 23.4 Å². The fourth-order valence-electron chi connectivity index (χ4n) is 3.79. The van der Waals surface area contributed by atoms with Gasteiger partial charge in [0.15, 0.2) is 5.78 Å². The van der Waals surface area contributed by atoms with E-state index in [9.17, 15) is 4.79 Å². The molecule has 0 heterocycles. The molecule has 122 valence electrons. The van der Waals surface area contributed by atoms with Crippen LogP contribution >= 0.6 is 0 Å². The standard InChI is InChI=1S/C18H29N3O/c1-11(2)14-10-12(6-8-16(14)20)7-9-17(22)18(21)13-4-3-5-15(13)19/h12,14,16,21H,1,3-10,19-20H2,2H3/t12?,14-,16-/m1/s1. The van der Waals surface area contributed by atoms with Gasteiger partial charge in [-0.1, -0.05) is 12.2 Å². The van der Waals surface area contributed by atoms with Crippen molar-refractivity contribution >= 4 is 11.5 Å². The predicted molar refractivity (Wildman–Crippen MR) is 90.7 cm³/mol. The van der Waals surface area contributed by atoms with Gasteiger partial charge in [-0.15, -0.1) is 0 Å². The van der Waals surface area contributed by atoms with Crippen LogP contribution in [0.3, 0.4) is 0 Å². The molecule has 1 saturated carbocycles. The minimum atomic E-state index is -0.0541. The van der Waals surface area contributed by atoms with Gasteiger partial charge in [0.1, 0.15) is 5.71 Å².